The summed E-state index contributed by atoms with van der Waals surface area (Å²) >= 11 is 2.66. The average molecular weight is 1280 g/mol. The van der Waals surface area contributed by atoms with Crippen LogP contribution in [-0.2, 0) is 10.0 Å². The van der Waals surface area contributed by atoms with Crippen LogP contribution in [0.3, 0.4) is 0 Å². The van der Waals surface area contributed by atoms with Gasteiger partial charge in [-0.2, -0.15) is 0 Å². The Balaban J connectivity index is 0.000000154. The van der Waals surface area contributed by atoms with E-state index >= 15 is 0 Å². The normalized spacial score (nSPS) is 16.1. The second-order valence-corrected chi connectivity index (χ2v) is 27.0. The predicted octanol–water partition coefficient (Wildman–Crippen LogP) is 8.41. The number of sulfonamides is 1. The molecule has 5 N–H and O–H groups in total. The largest absolute Gasteiger partial charge is 0.352 e. The van der Waals surface area contributed by atoms with Gasteiger partial charge in [0.1, 0.15) is 16.6 Å². The monoisotopic (exact) mass is 1280 g/mol. The Kier molecular flexibility index (Phi) is 28.0. The number of fused-ring (bicyclic) bond motifs is 3. The predicted molar refractivity (Wildman–Crippen MR) is 354 cm³/mol. The summed E-state index contributed by atoms with van der Waals surface area (Å²) in [6.07, 6.45) is 19.7. The molecule has 0 spiro atoms. The van der Waals surface area contributed by atoms with Crippen molar-refractivity contribution < 1.29 is 27.6 Å². The number of hydrogen-bond acceptors (Lipinski definition) is 18. The number of rotatable bonds is 23. The topological polar surface area (TPSA) is 258 Å². The smallest absolute Gasteiger partial charge is 0.251 e. The van der Waals surface area contributed by atoms with Crippen LogP contribution in [0.4, 0.5) is 0 Å². The van der Waals surface area contributed by atoms with Crippen LogP contribution in [0, 0.1) is 0 Å². The van der Waals surface area contributed by atoms with E-state index in [1.54, 1.807) is 18.2 Å². The minimum atomic E-state index is -3.53. The van der Waals surface area contributed by atoms with Crippen LogP contribution in [0.15, 0.2) is 83.8 Å². The zero-order valence-corrected chi connectivity index (χ0v) is 54.8. The Morgan fingerprint density at radius 3 is 1.33 bits per heavy atom. The van der Waals surface area contributed by atoms with Gasteiger partial charge in [0.15, 0.2) is 0 Å². The van der Waals surface area contributed by atoms with E-state index in [-0.39, 0.29) is 34.6 Å². The Morgan fingerprint density at radius 2 is 0.865 bits per heavy atom. The summed E-state index contributed by atoms with van der Waals surface area (Å²) in [5.74, 6) is -0.307. The minimum absolute atomic E-state index is 0.0102. The second-order valence-electron chi connectivity index (χ2n) is 23.5. The van der Waals surface area contributed by atoms with Gasteiger partial charge in [-0.25, -0.2) is 17.8 Å². The highest BCUT2D eigenvalue weighted by molar-refractivity contribution is 7.89. The van der Waals surface area contributed by atoms with Crippen molar-refractivity contribution in [2.45, 2.75) is 128 Å². The van der Waals surface area contributed by atoms with E-state index in [1.165, 1.54) is 159 Å². The summed E-state index contributed by atoms with van der Waals surface area (Å²) in [5, 5.41) is 28.1. The zero-order chi connectivity index (χ0) is 62.6. The van der Waals surface area contributed by atoms with Gasteiger partial charge in [-0.05, 0) is 272 Å². The molecule has 7 heterocycles. The Morgan fingerprint density at radius 1 is 0.461 bits per heavy atom. The summed E-state index contributed by atoms with van der Waals surface area (Å²) in [4.78, 5) is 58.6. The van der Waals surface area contributed by atoms with Crippen molar-refractivity contribution in [3.8, 4) is 0 Å². The number of amides is 4. The summed E-state index contributed by atoms with van der Waals surface area (Å²) in [6.45, 7) is 20.7. The molecule has 89 heavy (non-hydrogen) atoms. The number of aromatic nitrogens is 7. The standard InChI is InChI=1S/C18H27N5O.C16H25N3O3S.2C15H20N4OS/c1-14(2)23-17-8-7-15(13-16(17)20-21-23)18(24)19-9-6-12-22-10-4-3-5-11-22;1-17-23(21,22)15-8-5-7-14(13-15)16(20)18-9-6-12-19-10-3-2-4-11-19;20-15(12-5-6-14-13(11-12)17-18-21-14)16-7-4-10-19-8-2-1-3-9-19;20-15(12-5-6-13-14(11-12)21-18-17-13)16-7-4-10-19-8-2-1-3-9-19/h7-8,13-14H,3-6,9-12H2,1-2H3,(H,19,24);5,7-8,13,17H,2-4,6,9-12H2,1H3,(H,18,20);2*5-6,11H,1-4,7-10H2,(H,16,20). The van der Waals surface area contributed by atoms with Gasteiger partial charge in [-0.3, -0.25) is 19.2 Å². The lowest BCUT2D eigenvalue weighted by molar-refractivity contribution is 0.0942. The highest BCUT2D eigenvalue weighted by Crippen LogP contribution is 2.21. The molecule has 0 unspecified atom stereocenters. The van der Waals surface area contributed by atoms with Crippen LogP contribution in [0.25, 0.3) is 31.5 Å². The number of benzene rings is 4. The lowest BCUT2D eigenvalue weighted by Crippen LogP contribution is -2.33. The van der Waals surface area contributed by atoms with E-state index in [2.05, 4.69) is 88.9 Å². The maximum Gasteiger partial charge on any atom is 0.251 e. The van der Waals surface area contributed by atoms with Crippen LogP contribution in [0.5, 0.6) is 0 Å². The summed E-state index contributed by atoms with van der Waals surface area (Å²) < 4.78 is 37.4. The molecule has 482 valence electrons. The molecule has 7 aromatic rings. The van der Waals surface area contributed by atoms with E-state index in [0.29, 0.717) is 35.3 Å². The van der Waals surface area contributed by atoms with Crippen molar-refractivity contribution >= 4 is 88.2 Å². The molecule has 0 saturated carbocycles. The van der Waals surface area contributed by atoms with Crippen molar-refractivity contribution in [3.63, 3.8) is 0 Å². The van der Waals surface area contributed by atoms with E-state index < -0.39 is 10.0 Å². The quantitative estimate of drug-likeness (QED) is 0.0377. The van der Waals surface area contributed by atoms with E-state index in [4.69, 9.17) is 0 Å². The number of likely N-dealkylation sites (tertiary alicyclic amines) is 4. The first-order chi connectivity index (χ1) is 43.3. The molecule has 0 radical (unpaired) electrons. The van der Waals surface area contributed by atoms with Gasteiger partial charge in [0.2, 0.25) is 10.0 Å². The molecule has 0 atom stereocenters. The fraction of sp³-hybridized carbons (Fsp3) is 0.562. The molecular formula is C64H92N16O6S3. The molecule has 0 bridgehead atoms. The molecule has 4 aliphatic heterocycles. The molecule has 11 rings (SSSR count). The molecule has 22 nitrogen and oxygen atoms in total. The fourth-order valence-electron chi connectivity index (χ4n) is 11.4. The first-order valence-electron chi connectivity index (χ1n) is 32.2. The van der Waals surface area contributed by atoms with E-state index in [0.717, 1.165) is 110 Å². The van der Waals surface area contributed by atoms with Gasteiger partial charge in [0, 0.05) is 54.5 Å². The Bertz CT molecular complexity index is 3320. The lowest BCUT2D eigenvalue weighted by Gasteiger charge is -2.26. The van der Waals surface area contributed by atoms with Crippen LogP contribution >= 0.6 is 23.1 Å². The first kappa shape index (κ1) is 68.5. The highest BCUT2D eigenvalue weighted by Gasteiger charge is 2.18. The number of piperidine rings is 4. The van der Waals surface area contributed by atoms with Gasteiger partial charge in [-0.15, -0.1) is 15.3 Å². The number of nitrogens with zero attached hydrogens (tertiary/aromatic N) is 11. The van der Waals surface area contributed by atoms with Crippen molar-refractivity contribution in [2.24, 2.45) is 0 Å². The highest BCUT2D eigenvalue weighted by atomic mass is 32.2. The number of nitrogens with one attached hydrogen (secondary N) is 5. The third-order valence-corrected chi connectivity index (χ3v) is 19.3. The van der Waals surface area contributed by atoms with Gasteiger partial charge in [0.05, 0.1) is 19.8 Å². The lowest BCUT2D eigenvalue weighted by atomic mass is 10.1. The molecule has 4 saturated heterocycles. The van der Waals surface area contributed by atoms with Crippen LogP contribution in [0.1, 0.15) is 164 Å². The van der Waals surface area contributed by atoms with Gasteiger partial charge >= 0.3 is 0 Å². The third kappa shape index (κ3) is 22.2. The summed E-state index contributed by atoms with van der Waals surface area (Å²) in [7, 11) is -2.18. The Hall–Kier alpha value is -6.45. The minimum Gasteiger partial charge on any atom is -0.352 e. The van der Waals surface area contributed by atoms with Crippen LogP contribution in [0.2, 0.25) is 0 Å². The molecular weight excluding hydrogens is 1190 g/mol. The zero-order valence-electron chi connectivity index (χ0n) is 52.3. The van der Waals surface area contributed by atoms with Gasteiger partial charge < -0.3 is 40.9 Å². The van der Waals surface area contributed by atoms with Crippen molar-refractivity contribution in [1.29, 1.82) is 0 Å². The van der Waals surface area contributed by atoms with Crippen LogP contribution < -0.4 is 26.0 Å². The van der Waals surface area contributed by atoms with Crippen molar-refractivity contribution in [2.75, 3.05) is 112 Å². The molecule has 4 aromatic carbocycles. The molecule has 4 fully saturated rings. The van der Waals surface area contributed by atoms with Crippen molar-refractivity contribution in [1.82, 2.24) is 79.8 Å². The maximum atomic E-state index is 12.3. The second kappa shape index (κ2) is 36.4. The molecule has 4 amide bonds. The fourth-order valence-corrected chi connectivity index (χ4v) is 13.3. The maximum absolute atomic E-state index is 12.3. The Labute approximate surface area is 533 Å². The molecule has 25 heteroatoms. The number of carbonyl (C=O) groups excluding carboxylic acids is 4. The SMILES string of the molecule is CC(C)n1nnc2cc(C(=O)NCCCN3CCCCC3)ccc21.CNS(=O)(=O)c1cccc(C(=O)NCCCN2CCCCC2)c1.O=C(NCCCN1CCCCC1)c1ccc2nnsc2c1.O=C(NCCCN1CCCCC1)c1ccc2snnc2c1. The summed E-state index contributed by atoms with van der Waals surface area (Å²) in [6, 6.07) is 23.0. The molecule has 3 aromatic heterocycles. The van der Waals surface area contributed by atoms with E-state index in [1.807, 2.05) is 53.2 Å². The first-order valence-corrected chi connectivity index (χ1v) is 35.2. The van der Waals surface area contributed by atoms with Gasteiger partial charge in [-0.1, -0.05) is 45.9 Å². The molecule has 0 aliphatic carbocycles. The van der Waals surface area contributed by atoms with E-state index in [9.17, 15) is 27.6 Å². The summed E-state index contributed by atoms with van der Waals surface area (Å²) in [5.41, 5.74) is 5.73. The third-order valence-electron chi connectivity index (χ3n) is 16.5. The number of carbonyl (C=O) groups is 4. The van der Waals surface area contributed by atoms with Crippen molar-refractivity contribution in [3.05, 3.63) is 101 Å². The average Bonchev–Trinajstić information content (AvgIpc) is 3.08. The van der Waals surface area contributed by atoms with Crippen LogP contribution in [-0.4, -0.2) is 198 Å². The van der Waals surface area contributed by atoms with Gasteiger partial charge in [0.25, 0.3) is 23.6 Å². The number of hydrogen-bond donors (Lipinski definition) is 5. The molecule has 4 aliphatic rings.